The van der Waals surface area contributed by atoms with Crippen LogP contribution in [0.2, 0.25) is 0 Å². The van der Waals surface area contributed by atoms with Gasteiger partial charge >= 0.3 is 0 Å². The summed E-state index contributed by atoms with van der Waals surface area (Å²) in [7, 11) is 1.58. The summed E-state index contributed by atoms with van der Waals surface area (Å²) >= 11 is 0. The van der Waals surface area contributed by atoms with E-state index in [-0.39, 0.29) is 24.3 Å². The molecule has 0 saturated carbocycles. The second-order valence-electron chi connectivity index (χ2n) is 6.23. The van der Waals surface area contributed by atoms with Crippen LogP contribution in [0, 0.1) is 0 Å². The third-order valence-corrected chi connectivity index (χ3v) is 4.28. The molecular weight excluding hydrogens is 346 g/mol. The molecule has 0 unspecified atom stereocenters. The zero-order valence-corrected chi connectivity index (χ0v) is 15.0. The monoisotopic (exact) mass is 367 g/mol. The highest BCUT2D eigenvalue weighted by Crippen LogP contribution is 2.17. The van der Waals surface area contributed by atoms with Gasteiger partial charge in [-0.25, -0.2) is 0 Å². The summed E-state index contributed by atoms with van der Waals surface area (Å²) in [5, 5.41) is 5.54. The number of hydrogen-bond donors (Lipinski definition) is 2. The molecule has 2 N–H and O–H groups in total. The van der Waals surface area contributed by atoms with E-state index in [2.05, 4.69) is 10.6 Å². The molecule has 0 bridgehead atoms. The fraction of sp³-hybridized carbons (Fsp3) is 0.250. The predicted molar refractivity (Wildman–Crippen MR) is 102 cm³/mol. The molecule has 1 aliphatic rings. The highest BCUT2D eigenvalue weighted by molar-refractivity contribution is 6.04. The van der Waals surface area contributed by atoms with E-state index in [0.29, 0.717) is 35.7 Å². The topological polar surface area (TPSA) is 87.7 Å². The SMILES string of the molecule is COc1ccc(NC(=O)c2ccc(NC(=O)CN3CCCC3=O)cc2)cc1. The molecule has 2 aromatic rings. The van der Waals surface area contributed by atoms with Crippen molar-refractivity contribution in [2.45, 2.75) is 12.8 Å². The van der Waals surface area contributed by atoms with Crippen LogP contribution in [0.25, 0.3) is 0 Å². The van der Waals surface area contributed by atoms with Gasteiger partial charge in [-0.1, -0.05) is 0 Å². The number of carbonyl (C=O) groups is 3. The number of nitrogens with zero attached hydrogens (tertiary/aromatic N) is 1. The van der Waals surface area contributed by atoms with Crippen LogP contribution in [0.15, 0.2) is 48.5 Å². The molecule has 3 amide bonds. The number of hydrogen-bond acceptors (Lipinski definition) is 4. The Morgan fingerprint density at radius 3 is 2.22 bits per heavy atom. The lowest BCUT2D eigenvalue weighted by Gasteiger charge is -2.15. The number of benzene rings is 2. The number of carbonyl (C=O) groups excluding carboxylic acids is 3. The average Bonchev–Trinajstić information content (AvgIpc) is 3.07. The van der Waals surface area contributed by atoms with Gasteiger partial charge in [0.1, 0.15) is 5.75 Å². The minimum Gasteiger partial charge on any atom is -0.497 e. The summed E-state index contributed by atoms with van der Waals surface area (Å²) < 4.78 is 5.08. The first-order chi connectivity index (χ1) is 13.0. The van der Waals surface area contributed by atoms with Gasteiger partial charge in [0, 0.05) is 29.9 Å². The molecule has 27 heavy (non-hydrogen) atoms. The van der Waals surface area contributed by atoms with Gasteiger partial charge in [0.15, 0.2) is 0 Å². The van der Waals surface area contributed by atoms with E-state index in [4.69, 9.17) is 4.74 Å². The standard InChI is InChI=1S/C20H21N3O4/c1-27-17-10-8-16(9-11-17)22-20(26)14-4-6-15(7-5-14)21-18(24)13-23-12-2-3-19(23)25/h4-11H,2-3,12-13H2,1H3,(H,21,24)(H,22,26). The summed E-state index contributed by atoms with van der Waals surface area (Å²) in [6.45, 7) is 0.676. The van der Waals surface area contributed by atoms with Crippen LogP contribution in [0.1, 0.15) is 23.2 Å². The van der Waals surface area contributed by atoms with Crippen LogP contribution in [-0.2, 0) is 9.59 Å². The maximum Gasteiger partial charge on any atom is 0.255 e. The van der Waals surface area contributed by atoms with E-state index < -0.39 is 0 Å². The molecule has 140 valence electrons. The third-order valence-electron chi connectivity index (χ3n) is 4.28. The molecule has 2 aromatic carbocycles. The molecule has 0 aromatic heterocycles. The molecule has 1 heterocycles. The quantitative estimate of drug-likeness (QED) is 0.821. The van der Waals surface area contributed by atoms with E-state index in [1.807, 2.05) is 0 Å². The minimum absolute atomic E-state index is 0.00991. The van der Waals surface area contributed by atoms with Gasteiger partial charge in [-0.3, -0.25) is 14.4 Å². The van der Waals surface area contributed by atoms with Crippen molar-refractivity contribution in [2.24, 2.45) is 0 Å². The van der Waals surface area contributed by atoms with E-state index in [0.717, 1.165) is 6.42 Å². The second kappa shape index (κ2) is 8.35. The molecule has 1 fully saturated rings. The van der Waals surface area contributed by atoms with Gasteiger partial charge in [0.2, 0.25) is 11.8 Å². The highest BCUT2D eigenvalue weighted by Gasteiger charge is 2.22. The molecule has 7 nitrogen and oxygen atoms in total. The predicted octanol–water partition coefficient (Wildman–Crippen LogP) is 2.51. The maximum atomic E-state index is 12.3. The van der Waals surface area contributed by atoms with E-state index in [9.17, 15) is 14.4 Å². The van der Waals surface area contributed by atoms with E-state index in [1.54, 1.807) is 60.5 Å². The first-order valence-corrected chi connectivity index (χ1v) is 8.68. The Bertz CT molecular complexity index is 831. The van der Waals surface area contributed by atoms with Crippen LogP contribution >= 0.6 is 0 Å². The Morgan fingerprint density at radius 1 is 1.00 bits per heavy atom. The number of anilines is 2. The number of methoxy groups -OCH3 is 1. The minimum atomic E-state index is -0.249. The van der Waals surface area contributed by atoms with Gasteiger partial charge in [0.25, 0.3) is 5.91 Å². The zero-order chi connectivity index (χ0) is 19.2. The average molecular weight is 367 g/mol. The van der Waals surface area contributed by atoms with Gasteiger partial charge in [0.05, 0.1) is 13.7 Å². The second-order valence-corrected chi connectivity index (χ2v) is 6.23. The molecule has 0 atom stereocenters. The smallest absolute Gasteiger partial charge is 0.255 e. The van der Waals surface area contributed by atoms with Crippen LogP contribution in [-0.4, -0.2) is 42.8 Å². The van der Waals surface area contributed by atoms with Gasteiger partial charge in [-0.05, 0) is 55.0 Å². The number of nitrogens with one attached hydrogen (secondary N) is 2. The van der Waals surface area contributed by atoms with E-state index >= 15 is 0 Å². The Labute approximate surface area is 157 Å². The number of likely N-dealkylation sites (tertiary alicyclic amines) is 1. The van der Waals surface area contributed by atoms with Crippen LogP contribution in [0.3, 0.4) is 0 Å². The van der Waals surface area contributed by atoms with E-state index in [1.165, 1.54) is 0 Å². The summed E-state index contributed by atoms with van der Waals surface area (Å²) in [4.78, 5) is 37.4. The largest absolute Gasteiger partial charge is 0.497 e. The molecule has 1 aliphatic heterocycles. The fourth-order valence-electron chi connectivity index (χ4n) is 2.83. The van der Waals surface area contributed by atoms with Crippen molar-refractivity contribution in [3.05, 3.63) is 54.1 Å². The van der Waals surface area contributed by atoms with Crippen molar-refractivity contribution < 1.29 is 19.1 Å². The number of ether oxygens (including phenoxy) is 1. The Balaban J connectivity index is 1.54. The Hall–Kier alpha value is -3.35. The molecule has 0 spiro atoms. The molecule has 3 rings (SSSR count). The lowest BCUT2D eigenvalue weighted by atomic mass is 10.2. The Morgan fingerprint density at radius 2 is 1.63 bits per heavy atom. The molecule has 0 radical (unpaired) electrons. The van der Waals surface area contributed by atoms with Crippen molar-refractivity contribution >= 4 is 29.1 Å². The lowest BCUT2D eigenvalue weighted by molar-refractivity contribution is -0.131. The summed E-state index contributed by atoms with van der Waals surface area (Å²) in [5.41, 5.74) is 1.71. The van der Waals surface area contributed by atoms with Crippen molar-refractivity contribution in [1.29, 1.82) is 0 Å². The lowest BCUT2D eigenvalue weighted by Crippen LogP contribution is -2.33. The van der Waals surface area contributed by atoms with Crippen molar-refractivity contribution in [2.75, 3.05) is 30.8 Å². The zero-order valence-electron chi connectivity index (χ0n) is 15.0. The molecule has 1 saturated heterocycles. The van der Waals surface area contributed by atoms with Crippen molar-refractivity contribution in [1.82, 2.24) is 4.90 Å². The first-order valence-electron chi connectivity index (χ1n) is 8.68. The fourth-order valence-corrected chi connectivity index (χ4v) is 2.83. The normalized spacial score (nSPS) is 13.4. The maximum absolute atomic E-state index is 12.3. The summed E-state index contributed by atoms with van der Waals surface area (Å²) in [5.74, 6) is 0.223. The highest BCUT2D eigenvalue weighted by atomic mass is 16.5. The number of rotatable bonds is 6. The van der Waals surface area contributed by atoms with Crippen LogP contribution in [0.4, 0.5) is 11.4 Å². The summed E-state index contributed by atoms with van der Waals surface area (Å²) in [6.07, 6.45) is 1.30. The van der Waals surface area contributed by atoms with Gasteiger partial charge < -0.3 is 20.3 Å². The van der Waals surface area contributed by atoms with Gasteiger partial charge in [-0.2, -0.15) is 0 Å². The van der Waals surface area contributed by atoms with Crippen molar-refractivity contribution in [3.63, 3.8) is 0 Å². The van der Waals surface area contributed by atoms with Gasteiger partial charge in [-0.15, -0.1) is 0 Å². The summed E-state index contributed by atoms with van der Waals surface area (Å²) in [6, 6.07) is 13.6. The first kappa shape index (κ1) is 18.4. The number of amides is 3. The molecule has 7 heteroatoms. The van der Waals surface area contributed by atoms with Crippen molar-refractivity contribution in [3.8, 4) is 5.75 Å². The molecular formula is C20H21N3O4. The van der Waals surface area contributed by atoms with Crippen LogP contribution < -0.4 is 15.4 Å². The third kappa shape index (κ3) is 4.84. The Kier molecular flexibility index (Phi) is 5.71. The molecule has 0 aliphatic carbocycles. The van der Waals surface area contributed by atoms with Crippen LogP contribution in [0.5, 0.6) is 5.75 Å².